The van der Waals surface area contributed by atoms with Gasteiger partial charge in [-0.1, -0.05) is 6.92 Å². The average Bonchev–Trinajstić information content (AvgIpc) is 2.52. The van der Waals surface area contributed by atoms with Crippen molar-refractivity contribution in [2.75, 3.05) is 44.6 Å². The Morgan fingerprint density at radius 3 is 2.76 bits per heavy atom. The Bertz CT molecular complexity index is 543. The SMILES string of the molecule is CCN1CCN(C(=O)CNc2nccc(C)c2C#N)CC1. The maximum atomic E-state index is 12.2. The van der Waals surface area contributed by atoms with Crippen molar-refractivity contribution >= 4 is 11.7 Å². The summed E-state index contributed by atoms with van der Waals surface area (Å²) in [4.78, 5) is 20.5. The van der Waals surface area contributed by atoms with Gasteiger partial charge < -0.3 is 15.1 Å². The van der Waals surface area contributed by atoms with Crippen LogP contribution in [-0.4, -0.2) is 60.0 Å². The number of likely N-dealkylation sites (N-methyl/N-ethyl adjacent to an activating group) is 1. The van der Waals surface area contributed by atoms with Gasteiger partial charge in [-0.05, 0) is 25.1 Å². The highest BCUT2D eigenvalue weighted by molar-refractivity contribution is 5.81. The molecule has 0 saturated carbocycles. The van der Waals surface area contributed by atoms with E-state index < -0.39 is 0 Å². The lowest BCUT2D eigenvalue weighted by molar-refractivity contribution is -0.131. The Kier molecular flexibility index (Phi) is 5.12. The Morgan fingerprint density at radius 1 is 1.43 bits per heavy atom. The van der Waals surface area contributed by atoms with Gasteiger partial charge in [0.25, 0.3) is 0 Å². The molecule has 1 aliphatic rings. The van der Waals surface area contributed by atoms with Gasteiger partial charge in [0.1, 0.15) is 11.9 Å². The third-order valence-electron chi connectivity index (χ3n) is 3.85. The van der Waals surface area contributed by atoms with Crippen LogP contribution in [0.5, 0.6) is 0 Å². The Morgan fingerprint density at radius 2 is 2.14 bits per heavy atom. The fraction of sp³-hybridized carbons (Fsp3) is 0.533. The van der Waals surface area contributed by atoms with Gasteiger partial charge in [0.15, 0.2) is 0 Å². The van der Waals surface area contributed by atoms with Crippen LogP contribution >= 0.6 is 0 Å². The van der Waals surface area contributed by atoms with Crippen LogP contribution in [0.3, 0.4) is 0 Å². The minimum atomic E-state index is 0.0537. The van der Waals surface area contributed by atoms with E-state index in [1.54, 1.807) is 12.3 Å². The highest BCUT2D eigenvalue weighted by Crippen LogP contribution is 2.14. The van der Waals surface area contributed by atoms with Crippen LogP contribution in [0.2, 0.25) is 0 Å². The number of nitrogens with one attached hydrogen (secondary N) is 1. The quantitative estimate of drug-likeness (QED) is 0.888. The van der Waals surface area contributed by atoms with Crippen LogP contribution in [0.15, 0.2) is 12.3 Å². The van der Waals surface area contributed by atoms with Crippen molar-refractivity contribution in [3.8, 4) is 6.07 Å². The maximum Gasteiger partial charge on any atom is 0.242 e. The summed E-state index contributed by atoms with van der Waals surface area (Å²) < 4.78 is 0. The summed E-state index contributed by atoms with van der Waals surface area (Å²) >= 11 is 0. The van der Waals surface area contributed by atoms with Crippen LogP contribution < -0.4 is 5.32 Å². The normalized spacial score (nSPS) is 15.6. The first kappa shape index (κ1) is 15.3. The Hall–Kier alpha value is -2.13. The summed E-state index contributed by atoms with van der Waals surface area (Å²) in [5.41, 5.74) is 1.36. The molecule has 1 saturated heterocycles. The van der Waals surface area contributed by atoms with Crippen LogP contribution in [0.4, 0.5) is 5.82 Å². The molecule has 1 aliphatic heterocycles. The number of nitriles is 1. The van der Waals surface area contributed by atoms with Gasteiger partial charge >= 0.3 is 0 Å². The summed E-state index contributed by atoms with van der Waals surface area (Å²) in [7, 11) is 0. The lowest BCUT2D eigenvalue weighted by atomic mass is 10.1. The largest absolute Gasteiger partial charge is 0.360 e. The van der Waals surface area contributed by atoms with Gasteiger partial charge in [-0.3, -0.25) is 4.79 Å². The van der Waals surface area contributed by atoms with E-state index in [-0.39, 0.29) is 12.5 Å². The third kappa shape index (κ3) is 3.70. The second kappa shape index (κ2) is 7.04. The van der Waals surface area contributed by atoms with E-state index in [0.29, 0.717) is 11.4 Å². The number of rotatable bonds is 4. The minimum Gasteiger partial charge on any atom is -0.360 e. The zero-order valence-corrected chi connectivity index (χ0v) is 12.6. The number of piperazine rings is 1. The lowest BCUT2D eigenvalue weighted by Crippen LogP contribution is -2.49. The number of carbonyl (C=O) groups is 1. The molecule has 0 aliphatic carbocycles. The molecule has 0 spiro atoms. The van der Waals surface area contributed by atoms with E-state index in [0.717, 1.165) is 38.3 Å². The number of anilines is 1. The molecule has 1 fully saturated rings. The molecule has 2 rings (SSSR count). The maximum absolute atomic E-state index is 12.2. The van der Waals surface area contributed by atoms with Crippen molar-refractivity contribution in [2.24, 2.45) is 0 Å². The Balaban J connectivity index is 1.91. The van der Waals surface area contributed by atoms with E-state index in [1.807, 2.05) is 11.8 Å². The molecule has 2 heterocycles. The van der Waals surface area contributed by atoms with Gasteiger partial charge in [0, 0.05) is 32.4 Å². The molecule has 0 bridgehead atoms. The van der Waals surface area contributed by atoms with Crippen molar-refractivity contribution in [1.29, 1.82) is 5.26 Å². The summed E-state index contributed by atoms with van der Waals surface area (Å²) in [5.74, 6) is 0.538. The monoisotopic (exact) mass is 287 g/mol. The summed E-state index contributed by atoms with van der Waals surface area (Å²) in [6, 6.07) is 3.91. The molecule has 1 N–H and O–H groups in total. The summed E-state index contributed by atoms with van der Waals surface area (Å²) in [6.07, 6.45) is 1.64. The standard InChI is InChI=1S/C15H21N5O/c1-3-19-6-8-20(9-7-19)14(21)11-18-15-13(10-16)12(2)4-5-17-15/h4-5H,3,6-9,11H2,1-2H3,(H,17,18). The Labute approximate surface area is 125 Å². The number of aromatic nitrogens is 1. The fourth-order valence-corrected chi connectivity index (χ4v) is 2.42. The molecular formula is C15H21N5O. The predicted octanol–water partition coefficient (Wildman–Crippen LogP) is 0.838. The molecule has 0 atom stereocenters. The first-order valence-electron chi connectivity index (χ1n) is 7.25. The van der Waals surface area contributed by atoms with Crippen LogP contribution in [0, 0.1) is 18.3 Å². The topological polar surface area (TPSA) is 72.3 Å². The van der Waals surface area contributed by atoms with Crippen molar-refractivity contribution < 1.29 is 4.79 Å². The average molecular weight is 287 g/mol. The number of hydrogen-bond acceptors (Lipinski definition) is 5. The van der Waals surface area contributed by atoms with Gasteiger partial charge in [0.05, 0.1) is 12.1 Å². The number of amides is 1. The number of hydrogen-bond donors (Lipinski definition) is 1. The third-order valence-corrected chi connectivity index (χ3v) is 3.85. The molecule has 21 heavy (non-hydrogen) atoms. The van der Waals surface area contributed by atoms with Crippen molar-refractivity contribution in [3.05, 3.63) is 23.4 Å². The van der Waals surface area contributed by atoms with Gasteiger partial charge in [-0.15, -0.1) is 0 Å². The van der Waals surface area contributed by atoms with E-state index in [9.17, 15) is 4.79 Å². The molecule has 112 valence electrons. The lowest BCUT2D eigenvalue weighted by Gasteiger charge is -2.34. The first-order valence-corrected chi connectivity index (χ1v) is 7.25. The van der Waals surface area contributed by atoms with E-state index in [1.165, 1.54) is 0 Å². The van der Waals surface area contributed by atoms with Gasteiger partial charge in [0.2, 0.25) is 5.91 Å². The molecular weight excluding hydrogens is 266 g/mol. The molecule has 1 aromatic heterocycles. The zero-order valence-electron chi connectivity index (χ0n) is 12.6. The number of carbonyl (C=O) groups excluding carboxylic acids is 1. The fourth-order valence-electron chi connectivity index (χ4n) is 2.42. The highest BCUT2D eigenvalue weighted by Gasteiger charge is 2.20. The molecule has 1 aromatic rings. The molecule has 6 nitrogen and oxygen atoms in total. The molecule has 0 aromatic carbocycles. The molecule has 0 radical (unpaired) electrons. The van der Waals surface area contributed by atoms with Gasteiger partial charge in [-0.25, -0.2) is 4.98 Å². The second-order valence-electron chi connectivity index (χ2n) is 5.13. The first-order chi connectivity index (χ1) is 10.2. The summed E-state index contributed by atoms with van der Waals surface area (Å²) in [6.45, 7) is 8.57. The van der Waals surface area contributed by atoms with Crippen LogP contribution in [0.25, 0.3) is 0 Å². The summed E-state index contributed by atoms with van der Waals surface area (Å²) in [5, 5.41) is 12.1. The van der Waals surface area contributed by atoms with E-state index in [2.05, 4.69) is 28.2 Å². The molecule has 1 amide bonds. The molecule has 0 unspecified atom stereocenters. The smallest absolute Gasteiger partial charge is 0.242 e. The van der Waals surface area contributed by atoms with E-state index >= 15 is 0 Å². The van der Waals surface area contributed by atoms with E-state index in [4.69, 9.17) is 5.26 Å². The van der Waals surface area contributed by atoms with Crippen molar-refractivity contribution in [3.63, 3.8) is 0 Å². The zero-order chi connectivity index (χ0) is 15.2. The van der Waals surface area contributed by atoms with Crippen LogP contribution in [-0.2, 0) is 4.79 Å². The predicted molar refractivity (Wildman–Crippen MR) is 80.9 cm³/mol. The number of aryl methyl sites for hydroxylation is 1. The second-order valence-corrected chi connectivity index (χ2v) is 5.13. The van der Waals surface area contributed by atoms with Gasteiger partial charge in [-0.2, -0.15) is 5.26 Å². The highest BCUT2D eigenvalue weighted by atomic mass is 16.2. The van der Waals surface area contributed by atoms with Crippen molar-refractivity contribution in [1.82, 2.24) is 14.8 Å². The minimum absolute atomic E-state index is 0.0537. The molecule has 6 heteroatoms. The number of pyridine rings is 1. The number of nitrogens with zero attached hydrogens (tertiary/aromatic N) is 4. The van der Waals surface area contributed by atoms with Crippen molar-refractivity contribution in [2.45, 2.75) is 13.8 Å². The van der Waals surface area contributed by atoms with Crippen LogP contribution in [0.1, 0.15) is 18.1 Å².